The second-order valence-electron chi connectivity index (χ2n) is 5.60. The van der Waals surface area contributed by atoms with E-state index >= 15 is 0 Å². The summed E-state index contributed by atoms with van der Waals surface area (Å²) in [6, 6.07) is 9.38. The van der Waals surface area contributed by atoms with E-state index in [0.29, 0.717) is 11.4 Å². The van der Waals surface area contributed by atoms with E-state index in [0.717, 1.165) is 10.6 Å². The van der Waals surface area contributed by atoms with E-state index < -0.39 is 0 Å². The van der Waals surface area contributed by atoms with Gasteiger partial charge in [-0.1, -0.05) is 20.8 Å². The molecule has 0 atom stereocenters. The first-order valence-electron chi connectivity index (χ1n) is 6.41. The number of carbonyl (C=O) groups excluding carboxylic acids is 1. The number of nitrogens with zero attached hydrogens (tertiary/aromatic N) is 1. The Morgan fingerprint density at radius 1 is 1.25 bits per heavy atom. The number of aromatic amines is 1. The summed E-state index contributed by atoms with van der Waals surface area (Å²) >= 11 is 1.65. The van der Waals surface area contributed by atoms with Crippen LogP contribution in [0.25, 0.3) is 0 Å². The van der Waals surface area contributed by atoms with Crippen LogP contribution < -0.4 is 5.32 Å². The van der Waals surface area contributed by atoms with E-state index in [4.69, 9.17) is 0 Å². The number of nitrogens with one attached hydrogen (secondary N) is 2. The molecule has 1 amide bonds. The predicted octanol–water partition coefficient (Wildman–Crippen LogP) is 3.68. The van der Waals surface area contributed by atoms with E-state index in [1.165, 1.54) is 0 Å². The number of carbonyl (C=O) groups is 1. The lowest BCUT2D eigenvalue weighted by Gasteiger charge is -2.14. The number of hydrogen-bond acceptors (Lipinski definition) is 3. The van der Waals surface area contributed by atoms with Gasteiger partial charge in [0, 0.05) is 27.6 Å². The van der Waals surface area contributed by atoms with E-state index in [1.807, 2.05) is 36.6 Å². The molecule has 1 heterocycles. The van der Waals surface area contributed by atoms with Gasteiger partial charge in [-0.25, -0.2) is 0 Å². The normalized spacial score (nSPS) is 11.4. The quantitative estimate of drug-likeness (QED) is 0.847. The third-order valence-corrected chi connectivity index (χ3v) is 3.72. The summed E-state index contributed by atoms with van der Waals surface area (Å²) in [5.41, 5.74) is 1.60. The minimum absolute atomic E-state index is 0.0179. The van der Waals surface area contributed by atoms with Crippen molar-refractivity contribution in [2.75, 3.05) is 11.6 Å². The van der Waals surface area contributed by atoms with Crippen molar-refractivity contribution < 1.29 is 4.79 Å². The molecule has 20 heavy (non-hydrogen) atoms. The summed E-state index contributed by atoms with van der Waals surface area (Å²) in [6.07, 6.45) is 2.01. The topological polar surface area (TPSA) is 57.8 Å². The average molecular weight is 289 g/mol. The minimum Gasteiger partial charge on any atom is -0.305 e. The van der Waals surface area contributed by atoms with E-state index in [2.05, 4.69) is 36.3 Å². The summed E-state index contributed by atoms with van der Waals surface area (Å²) in [4.78, 5) is 13.2. The number of hydrogen-bond donors (Lipinski definition) is 2. The lowest BCUT2D eigenvalue weighted by atomic mass is 9.92. The molecule has 0 radical (unpaired) electrons. The molecule has 106 valence electrons. The monoisotopic (exact) mass is 289 g/mol. The average Bonchev–Trinajstić information content (AvgIpc) is 2.87. The number of aromatic nitrogens is 2. The first kappa shape index (κ1) is 14.7. The van der Waals surface area contributed by atoms with Crippen LogP contribution in [0.2, 0.25) is 0 Å². The fourth-order valence-corrected chi connectivity index (χ4v) is 2.11. The molecule has 0 aliphatic carbocycles. The van der Waals surface area contributed by atoms with Gasteiger partial charge in [0.1, 0.15) is 0 Å². The molecule has 0 spiro atoms. The highest BCUT2D eigenvalue weighted by Gasteiger charge is 2.17. The number of rotatable bonds is 3. The number of H-pyrrole nitrogens is 1. The third kappa shape index (κ3) is 3.42. The lowest BCUT2D eigenvalue weighted by Crippen LogP contribution is -2.12. The highest BCUT2D eigenvalue weighted by atomic mass is 32.2. The van der Waals surface area contributed by atoms with Crippen LogP contribution in [0.15, 0.2) is 35.2 Å². The molecule has 2 aromatic rings. The SMILES string of the molecule is CSc1ccc(C(=O)Nc2cc(C(C)(C)C)[nH]n2)cc1. The zero-order valence-corrected chi connectivity index (χ0v) is 13.0. The summed E-state index contributed by atoms with van der Waals surface area (Å²) in [5.74, 6) is 0.401. The largest absolute Gasteiger partial charge is 0.305 e. The molecule has 1 aromatic heterocycles. The van der Waals surface area contributed by atoms with Gasteiger partial charge >= 0.3 is 0 Å². The number of anilines is 1. The van der Waals surface area contributed by atoms with E-state index in [9.17, 15) is 4.79 Å². The molecular weight excluding hydrogens is 270 g/mol. The van der Waals surface area contributed by atoms with Crippen LogP contribution in [0.3, 0.4) is 0 Å². The Morgan fingerprint density at radius 2 is 1.90 bits per heavy atom. The van der Waals surface area contributed by atoms with Gasteiger partial charge in [-0.3, -0.25) is 9.89 Å². The second-order valence-corrected chi connectivity index (χ2v) is 6.48. The fourth-order valence-electron chi connectivity index (χ4n) is 1.70. The molecule has 0 fully saturated rings. The van der Waals surface area contributed by atoms with Crippen molar-refractivity contribution in [2.24, 2.45) is 0 Å². The van der Waals surface area contributed by atoms with Gasteiger partial charge in [0.25, 0.3) is 5.91 Å². The molecule has 2 N–H and O–H groups in total. The highest BCUT2D eigenvalue weighted by molar-refractivity contribution is 7.98. The van der Waals surface area contributed by atoms with Crippen LogP contribution in [-0.2, 0) is 5.41 Å². The Balaban J connectivity index is 2.09. The molecule has 4 nitrogen and oxygen atoms in total. The highest BCUT2D eigenvalue weighted by Crippen LogP contribution is 2.22. The summed E-state index contributed by atoms with van der Waals surface area (Å²) in [7, 11) is 0. The minimum atomic E-state index is -0.149. The Hall–Kier alpha value is -1.75. The lowest BCUT2D eigenvalue weighted by molar-refractivity contribution is 0.102. The second kappa shape index (κ2) is 5.71. The van der Waals surface area contributed by atoms with E-state index in [-0.39, 0.29) is 11.3 Å². The van der Waals surface area contributed by atoms with Crippen molar-refractivity contribution in [2.45, 2.75) is 31.1 Å². The van der Waals surface area contributed by atoms with Crippen LogP contribution in [-0.4, -0.2) is 22.4 Å². The van der Waals surface area contributed by atoms with Crippen molar-refractivity contribution in [1.29, 1.82) is 0 Å². The molecule has 0 saturated carbocycles. The van der Waals surface area contributed by atoms with Gasteiger partial charge < -0.3 is 5.32 Å². The third-order valence-electron chi connectivity index (χ3n) is 2.98. The Morgan fingerprint density at radius 3 is 2.40 bits per heavy atom. The Kier molecular flexibility index (Phi) is 4.18. The van der Waals surface area contributed by atoms with Gasteiger partial charge in [-0.2, -0.15) is 5.10 Å². The summed E-state index contributed by atoms with van der Waals surface area (Å²) in [6.45, 7) is 6.27. The van der Waals surface area contributed by atoms with E-state index in [1.54, 1.807) is 11.8 Å². The van der Waals surface area contributed by atoms with Crippen molar-refractivity contribution in [3.05, 3.63) is 41.6 Å². The first-order valence-corrected chi connectivity index (χ1v) is 7.64. The zero-order chi connectivity index (χ0) is 14.8. The van der Waals surface area contributed by atoms with Crippen molar-refractivity contribution in [1.82, 2.24) is 10.2 Å². The summed E-state index contributed by atoms with van der Waals surface area (Å²) < 4.78 is 0. The predicted molar refractivity (Wildman–Crippen MR) is 83.5 cm³/mol. The van der Waals surface area contributed by atoms with Crippen LogP contribution in [0.1, 0.15) is 36.8 Å². The molecular formula is C15H19N3OS. The number of benzene rings is 1. The smallest absolute Gasteiger partial charge is 0.256 e. The number of thioether (sulfide) groups is 1. The maximum Gasteiger partial charge on any atom is 0.256 e. The van der Waals surface area contributed by atoms with Gasteiger partial charge in [0.2, 0.25) is 0 Å². The molecule has 5 heteroatoms. The Bertz CT molecular complexity index is 596. The molecule has 0 unspecified atom stereocenters. The zero-order valence-electron chi connectivity index (χ0n) is 12.2. The first-order chi connectivity index (χ1) is 9.40. The van der Waals surface area contributed by atoms with Crippen LogP contribution in [0.4, 0.5) is 5.82 Å². The van der Waals surface area contributed by atoms with Crippen LogP contribution >= 0.6 is 11.8 Å². The summed E-state index contributed by atoms with van der Waals surface area (Å²) in [5, 5.41) is 9.87. The van der Waals surface area contributed by atoms with Crippen molar-refractivity contribution in [3.63, 3.8) is 0 Å². The van der Waals surface area contributed by atoms with Gasteiger partial charge in [0.15, 0.2) is 5.82 Å². The van der Waals surface area contributed by atoms with Crippen LogP contribution in [0.5, 0.6) is 0 Å². The molecule has 2 rings (SSSR count). The van der Waals surface area contributed by atoms with Gasteiger partial charge in [0.05, 0.1) is 0 Å². The standard InChI is InChI=1S/C15H19N3OS/c1-15(2,3)12-9-13(18-17-12)16-14(19)10-5-7-11(20-4)8-6-10/h5-9H,1-4H3,(H2,16,17,18,19). The molecule has 0 aliphatic heterocycles. The van der Waals surface area contributed by atoms with Gasteiger partial charge in [-0.15, -0.1) is 11.8 Å². The fraction of sp³-hybridized carbons (Fsp3) is 0.333. The Labute approximate surface area is 123 Å². The molecule has 0 bridgehead atoms. The van der Waals surface area contributed by atoms with Crippen molar-refractivity contribution >= 4 is 23.5 Å². The number of amides is 1. The van der Waals surface area contributed by atoms with Crippen molar-refractivity contribution in [3.8, 4) is 0 Å². The molecule has 0 aliphatic rings. The maximum absolute atomic E-state index is 12.1. The molecule has 1 aromatic carbocycles. The van der Waals surface area contributed by atoms with Gasteiger partial charge in [-0.05, 0) is 30.5 Å². The van der Waals surface area contributed by atoms with Crippen LogP contribution in [0, 0.1) is 0 Å². The molecule has 0 saturated heterocycles. The maximum atomic E-state index is 12.1.